The number of fused-ring (bicyclic) bond motifs is 1. The number of thiazole rings is 1. The minimum Gasteiger partial charge on any atom is -0.496 e. The van der Waals surface area contributed by atoms with Crippen molar-refractivity contribution in [1.82, 2.24) is 4.98 Å². The number of rotatable bonds is 4. The van der Waals surface area contributed by atoms with Crippen LogP contribution in [0.4, 0.5) is 5.13 Å². The summed E-state index contributed by atoms with van der Waals surface area (Å²) in [6.45, 7) is 0. The van der Waals surface area contributed by atoms with E-state index in [1.54, 1.807) is 18.4 Å². The van der Waals surface area contributed by atoms with Crippen LogP contribution in [-0.2, 0) is 24.1 Å². The fraction of sp³-hybridized carbons (Fsp3) is 0.333. The molecule has 1 amide bonds. The van der Waals surface area contributed by atoms with Gasteiger partial charge in [-0.2, -0.15) is 0 Å². The number of anilines is 1. The summed E-state index contributed by atoms with van der Waals surface area (Å²) in [6, 6.07) is 7.56. The summed E-state index contributed by atoms with van der Waals surface area (Å²) in [5.74, 6) is 0.686. The second kappa shape index (κ2) is 5.63. The molecule has 0 spiro atoms. The molecule has 1 aliphatic carbocycles. The van der Waals surface area contributed by atoms with Crippen LogP contribution in [0, 0.1) is 0 Å². The predicted octanol–water partition coefficient (Wildman–Crippen LogP) is 2.82. The van der Waals surface area contributed by atoms with Crippen LogP contribution in [0.15, 0.2) is 24.3 Å². The Bertz CT molecular complexity index is 615. The Morgan fingerprint density at radius 1 is 1.40 bits per heavy atom. The Morgan fingerprint density at radius 3 is 3.05 bits per heavy atom. The highest BCUT2D eigenvalue weighted by Crippen LogP contribution is 2.30. The number of para-hydroxylation sites is 1. The molecule has 2 aromatic rings. The number of aryl methyl sites for hydroxylation is 2. The molecule has 0 fully saturated rings. The summed E-state index contributed by atoms with van der Waals surface area (Å²) in [7, 11) is 1.61. The maximum Gasteiger partial charge on any atom is 0.230 e. The van der Waals surface area contributed by atoms with Gasteiger partial charge in [0, 0.05) is 10.4 Å². The number of nitrogens with zero attached hydrogens (tertiary/aromatic N) is 1. The third-order valence-electron chi connectivity index (χ3n) is 3.39. The van der Waals surface area contributed by atoms with Gasteiger partial charge in [-0.15, -0.1) is 11.3 Å². The molecule has 0 atom stereocenters. The lowest BCUT2D eigenvalue weighted by molar-refractivity contribution is -0.115. The normalized spacial score (nSPS) is 13.1. The molecule has 0 unspecified atom stereocenters. The minimum absolute atomic E-state index is 0.0538. The number of carbonyl (C=O) groups is 1. The van der Waals surface area contributed by atoms with Crippen molar-refractivity contribution in [2.24, 2.45) is 0 Å². The topological polar surface area (TPSA) is 51.2 Å². The van der Waals surface area contributed by atoms with E-state index in [1.165, 1.54) is 11.3 Å². The largest absolute Gasteiger partial charge is 0.496 e. The van der Waals surface area contributed by atoms with Gasteiger partial charge in [0.1, 0.15) is 5.75 Å². The van der Waals surface area contributed by atoms with Crippen molar-refractivity contribution in [3.63, 3.8) is 0 Å². The summed E-state index contributed by atoms with van der Waals surface area (Å²) in [5, 5.41) is 3.60. The first kappa shape index (κ1) is 13.1. The van der Waals surface area contributed by atoms with Crippen molar-refractivity contribution < 1.29 is 9.53 Å². The maximum absolute atomic E-state index is 12.1. The molecule has 0 bridgehead atoms. The smallest absolute Gasteiger partial charge is 0.230 e. The monoisotopic (exact) mass is 288 g/mol. The molecule has 4 nitrogen and oxygen atoms in total. The van der Waals surface area contributed by atoms with E-state index in [2.05, 4.69) is 10.3 Å². The fourth-order valence-electron chi connectivity index (χ4n) is 2.43. The summed E-state index contributed by atoms with van der Waals surface area (Å²) in [6.07, 6.45) is 3.61. The average Bonchev–Trinajstić information content (AvgIpc) is 3.00. The van der Waals surface area contributed by atoms with Gasteiger partial charge in [0.2, 0.25) is 5.91 Å². The van der Waals surface area contributed by atoms with Crippen LogP contribution in [-0.4, -0.2) is 18.0 Å². The van der Waals surface area contributed by atoms with Gasteiger partial charge < -0.3 is 10.1 Å². The number of carbonyl (C=O) groups excluding carboxylic acids is 1. The number of aromatic nitrogens is 1. The lowest BCUT2D eigenvalue weighted by atomic mass is 10.1. The van der Waals surface area contributed by atoms with Crippen molar-refractivity contribution in [1.29, 1.82) is 0 Å². The molecular weight excluding hydrogens is 272 g/mol. The van der Waals surface area contributed by atoms with Gasteiger partial charge in [-0.05, 0) is 25.3 Å². The van der Waals surface area contributed by atoms with E-state index in [-0.39, 0.29) is 5.91 Å². The number of benzene rings is 1. The van der Waals surface area contributed by atoms with Gasteiger partial charge in [0.15, 0.2) is 5.13 Å². The van der Waals surface area contributed by atoms with Gasteiger partial charge in [0.05, 0.1) is 19.2 Å². The molecular formula is C15H16N2O2S. The molecule has 1 aromatic heterocycles. The second-order valence-electron chi connectivity index (χ2n) is 4.78. The number of hydrogen-bond acceptors (Lipinski definition) is 4. The van der Waals surface area contributed by atoms with Gasteiger partial charge in [-0.3, -0.25) is 4.79 Å². The van der Waals surface area contributed by atoms with Crippen molar-refractivity contribution in [3.05, 3.63) is 40.4 Å². The lowest BCUT2D eigenvalue weighted by Crippen LogP contribution is -2.14. The SMILES string of the molecule is COc1ccccc1CC(=O)Nc1nc2c(s1)CCC2. The molecule has 1 heterocycles. The van der Waals surface area contributed by atoms with Crippen LogP contribution in [0.2, 0.25) is 0 Å². The van der Waals surface area contributed by atoms with E-state index in [0.29, 0.717) is 6.42 Å². The first-order valence-corrected chi connectivity index (χ1v) is 7.48. The quantitative estimate of drug-likeness (QED) is 0.941. The standard InChI is InChI=1S/C15H16N2O2S/c1-19-12-7-3-2-5-10(12)9-14(18)17-15-16-11-6-4-8-13(11)20-15/h2-3,5,7H,4,6,8-9H2,1H3,(H,16,17,18). The molecule has 20 heavy (non-hydrogen) atoms. The van der Waals surface area contributed by atoms with Crippen LogP contribution < -0.4 is 10.1 Å². The van der Waals surface area contributed by atoms with Gasteiger partial charge in [0.25, 0.3) is 0 Å². The van der Waals surface area contributed by atoms with E-state index in [9.17, 15) is 4.79 Å². The molecule has 0 aliphatic heterocycles. The Morgan fingerprint density at radius 2 is 2.25 bits per heavy atom. The number of methoxy groups -OCH3 is 1. The number of ether oxygens (including phenoxy) is 1. The molecule has 0 radical (unpaired) electrons. The van der Waals surface area contributed by atoms with E-state index in [1.807, 2.05) is 24.3 Å². The summed E-state index contributed by atoms with van der Waals surface area (Å²) >= 11 is 1.60. The first-order chi connectivity index (χ1) is 9.76. The molecule has 0 saturated heterocycles. The highest BCUT2D eigenvalue weighted by molar-refractivity contribution is 7.15. The third kappa shape index (κ3) is 2.67. The van der Waals surface area contributed by atoms with Crippen LogP contribution in [0.5, 0.6) is 5.75 Å². The zero-order valence-corrected chi connectivity index (χ0v) is 12.1. The van der Waals surface area contributed by atoms with Crippen LogP contribution in [0.1, 0.15) is 22.6 Å². The lowest BCUT2D eigenvalue weighted by Gasteiger charge is -2.07. The molecule has 3 rings (SSSR count). The van der Waals surface area contributed by atoms with Crippen molar-refractivity contribution in [3.8, 4) is 5.75 Å². The Hall–Kier alpha value is -1.88. The van der Waals surface area contributed by atoms with Crippen molar-refractivity contribution in [2.75, 3.05) is 12.4 Å². The van der Waals surface area contributed by atoms with Crippen LogP contribution >= 0.6 is 11.3 Å². The highest BCUT2D eigenvalue weighted by Gasteiger charge is 2.18. The number of amides is 1. The Balaban J connectivity index is 1.67. The predicted molar refractivity (Wildman–Crippen MR) is 79.5 cm³/mol. The van der Waals surface area contributed by atoms with Crippen molar-refractivity contribution in [2.45, 2.75) is 25.7 Å². The third-order valence-corrected chi connectivity index (χ3v) is 4.46. The number of nitrogens with one attached hydrogen (secondary N) is 1. The average molecular weight is 288 g/mol. The molecule has 5 heteroatoms. The van der Waals surface area contributed by atoms with Crippen LogP contribution in [0.3, 0.4) is 0 Å². The van der Waals surface area contributed by atoms with Crippen molar-refractivity contribution >= 4 is 22.4 Å². The van der Waals surface area contributed by atoms with E-state index in [4.69, 9.17) is 4.74 Å². The fourth-order valence-corrected chi connectivity index (χ4v) is 3.50. The van der Waals surface area contributed by atoms with Gasteiger partial charge in [-0.1, -0.05) is 18.2 Å². The summed E-state index contributed by atoms with van der Waals surface area (Å²) < 4.78 is 5.25. The Kier molecular flexibility index (Phi) is 3.69. The van der Waals surface area contributed by atoms with E-state index in [0.717, 1.165) is 35.0 Å². The maximum atomic E-state index is 12.1. The van der Waals surface area contributed by atoms with E-state index >= 15 is 0 Å². The van der Waals surface area contributed by atoms with Crippen LogP contribution in [0.25, 0.3) is 0 Å². The summed E-state index contributed by atoms with van der Waals surface area (Å²) in [5.41, 5.74) is 2.04. The van der Waals surface area contributed by atoms with E-state index < -0.39 is 0 Å². The first-order valence-electron chi connectivity index (χ1n) is 6.66. The number of hydrogen-bond donors (Lipinski definition) is 1. The highest BCUT2D eigenvalue weighted by atomic mass is 32.1. The molecule has 104 valence electrons. The summed E-state index contributed by atoms with van der Waals surface area (Å²) in [4.78, 5) is 17.9. The van der Waals surface area contributed by atoms with Gasteiger partial charge >= 0.3 is 0 Å². The molecule has 1 aliphatic rings. The Labute approximate surface area is 121 Å². The zero-order valence-electron chi connectivity index (χ0n) is 11.3. The van der Waals surface area contributed by atoms with Gasteiger partial charge in [-0.25, -0.2) is 4.98 Å². The molecule has 0 saturated carbocycles. The second-order valence-corrected chi connectivity index (χ2v) is 5.86. The zero-order chi connectivity index (χ0) is 13.9. The minimum atomic E-state index is -0.0538. The molecule has 1 aromatic carbocycles. The molecule has 1 N–H and O–H groups in total.